The second-order valence-corrected chi connectivity index (χ2v) is 8.85. The predicted molar refractivity (Wildman–Crippen MR) is 127 cm³/mol. The lowest BCUT2D eigenvalue weighted by atomic mass is 10.1. The van der Waals surface area contributed by atoms with Gasteiger partial charge in [0.15, 0.2) is 11.0 Å². The third-order valence-corrected chi connectivity index (χ3v) is 6.77. The highest BCUT2D eigenvalue weighted by Gasteiger charge is 2.22. The Kier molecular flexibility index (Phi) is 7.05. The van der Waals surface area contributed by atoms with E-state index in [4.69, 9.17) is 0 Å². The van der Waals surface area contributed by atoms with Gasteiger partial charge in [0.05, 0.1) is 10.5 Å². The molecule has 1 saturated heterocycles. The van der Waals surface area contributed by atoms with Crippen LogP contribution in [0.5, 0.6) is 0 Å². The number of amides is 1. The first-order valence-electron chi connectivity index (χ1n) is 10.8. The molecular formula is C23H26N6O3S. The summed E-state index contributed by atoms with van der Waals surface area (Å²) in [7, 11) is 2.07. The number of hydrogen-bond acceptors (Lipinski definition) is 7. The summed E-state index contributed by atoms with van der Waals surface area (Å²) in [6.45, 7) is 5.85. The molecule has 0 N–H and O–H groups in total. The van der Waals surface area contributed by atoms with Crippen molar-refractivity contribution in [3.05, 3.63) is 69.8 Å². The van der Waals surface area contributed by atoms with E-state index in [1.54, 1.807) is 18.2 Å². The summed E-state index contributed by atoms with van der Waals surface area (Å²) in [6, 6.07) is 14.2. The summed E-state index contributed by atoms with van der Waals surface area (Å²) in [4.78, 5) is 27.9. The van der Waals surface area contributed by atoms with Gasteiger partial charge in [-0.1, -0.05) is 36.0 Å². The molecule has 0 radical (unpaired) electrons. The van der Waals surface area contributed by atoms with Crippen molar-refractivity contribution >= 4 is 23.4 Å². The lowest BCUT2D eigenvalue weighted by molar-refractivity contribution is -0.384. The van der Waals surface area contributed by atoms with E-state index in [9.17, 15) is 14.9 Å². The minimum atomic E-state index is -0.401. The summed E-state index contributed by atoms with van der Waals surface area (Å²) in [5.41, 5.74) is 2.23. The third-order valence-electron chi connectivity index (χ3n) is 5.73. The average molecular weight is 467 g/mol. The maximum atomic E-state index is 12.7. The van der Waals surface area contributed by atoms with Crippen molar-refractivity contribution in [2.24, 2.45) is 0 Å². The van der Waals surface area contributed by atoms with Gasteiger partial charge in [0.2, 0.25) is 0 Å². The molecule has 0 bridgehead atoms. The molecule has 1 fully saturated rings. The topological polar surface area (TPSA) is 97.4 Å². The molecule has 10 heteroatoms. The Morgan fingerprint density at radius 1 is 1.06 bits per heavy atom. The minimum Gasteiger partial charge on any atom is -0.336 e. The number of benzene rings is 2. The SMILES string of the molecule is CCn1c(SCc2ccc(C(=O)N3CCN(C)CC3)cc2)nnc1-c1ccccc1[N+](=O)[O-]. The monoisotopic (exact) mass is 466 g/mol. The fourth-order valence-electron chi connectivity index (χ4n) is 3.79. The number of hydrogen-bond donors (Lipinski definition) is 0. The molecule has 0 aliphatic carbocycles. The first kappa shape index (κ1) is 22.9. The Morgan fingerprint density at radius 3 is 2.42 bits per heavy atom. The highest BCUT2D eigenvalue weighted by Crippen LogP contribution is 2.31. The standard InChI is InChI=1S/C23H26N6O3S/c1-3-28-21(19-6-4-5-7-20(19)29(31)32)24-25-23(28)33-16-17-8-10-18(11-9-17)22(30)27-14-12-26(2)13-15-27/h4-11H,3,12-16H2,1-2H3. The normalized spacial score (nSPS) is 14.4. The van der Waals surface area contributed by atoms with Crippen molar-refractivity contribution in [2.75, 3.05) is 33.2 Å². The summed E-state index contributed by atoms with van der Waals surface area (Å²) in [6.07, 6.45) is 0. The zero-order valence-electron chi connectivity index (χ0n) is 18.7. The van der Waals surface area contributed by atoms with E-state index < -0.39 is 4.92 Å². The molecule has 9 nitrogen and oxygen atoms in total. The van der Waals surface area contributed by atoms with Crippen LogP contribution in [0.3, 0.4) is 0 Å². The van der Waals surface area contributed by atoms with Gasteiger partial charge < -0.3 is 14.4 Å². The quantitative estimate of drug-likeness (QED) is 0.298. The van der Waals surface area contributed by atoms with Crippen molar-refractivity contribution in [2.45, 2.75) is 24.4 Å². The number of rotatable bonds is 7. The smallest absolute Gasteiger partial charge is 0.280 e. The molecule has 3 aromatic rings. The molecule has 172 valence electrons. The van der Waals surface area contributed by atoms with Crippen molar-refractivity contribution in [1.29, 1.82) is 0 Å². The molecule has 4 rings (SSSR count). The summed E-state index contributed by atoms with van der Waals surface area (Å²) < 4.78 is 1.89. The van der Waals surface area contributed by atoms with Crippen LogP contribution in [0.4, 0.5) is 5.69 Å². The molecule has 33 heavy (non-hydrogen) atoms. The van der Waals surface area contributed by atoms with Crippen molar-refractivity contribution in [3.63, 3.8) is 0 Å². The van der Waals surface area contributed by atoms with Gasteiger partial charge in [0.1, 0.15) is 0 Å². The molecule has 2 aromatic carbocycles. The van der Waals surface area contributed by atoms with Crippen molar-refractivity contribution < 1.29 is 9.72 Å². The van der Waals surface area contributed by atoms with E-state index in [0.717, 1.165) is 31.7 Å². The summed E-state index contributed by atoms with van der Waals surface area (Å²) in [5, 5.41) is 20.6. The van der Waals surface area contributed by atoms with Crippen LogP contribution in [0, 0.1) is 10.1 Å². The van der Waals surface area contributed by atoms with Crippen LogP contribution in [0.15, 0.2) is 53.7 Å². The number of piperazine rings is 1. The van der Waals surface area contributed by atoms with Gasteiger partial charge in [-0.3, -0.25) is 14.9 Å². The molecule has 1 aliphatic heterocycles. The number of likely N-dealkylation sites (N-methyl/N-ethyl adjacent to an activating group) is 1. The Hall–Kier alpha value is -3.24. The molecule has 1 aromatic heterocycles. The molecule has 0 saturated carbocycles. The van der Waals surface area contributed by atoms with Gasteiger partial charge in [0.25, 0.3) is 11.6 Å². The summed E-state index contributed by atoms with van der Waals surface area (Å²) >= 11 is 1.52. The van der Waals surface area contributed by atoms with E-state index in [-0.39, 0.29) is 11.6 Å². The van der Waals surface area contributed by atoms with Gasteiger partial charge in [0, 0.05) is 50.1 Å². The van der Waals surface area contributed by atoms with Crippen molar-refractivity contribution in [3.8, 4) is 11.4 Å². The maximum absolute atomic E-state index is 12.7. The van der Waals surface area contributed by atoms with Crippen LogP contribution < -0.4 is 0 Å². The van der Waals surface area contributed by atoms with E-state index in [0.29, 0.717) is 34.4 Å². The van der Waals surface area contributed by atoms with E-state index >= 15 is 0 Å². The lowest BCUT2D eigenvalue weighted by Gasteiger charge is -2.32. The fourth-order valence-corrected chi connectivity index (χ4v) is 4.74. The number of para-hydroxylation sites is 1. The molecule has 1 amide bonds. The molecule has 2 heterocycles. The number of carbonyl (C=O) groups excluding carboxylic acids is 1. The molecule has 1 aliphatic rings. The van der Waals surface area contributed by atoms with E-state index in [1.807, 2.05) is 40.7 Å². The number of aromatic nitrogens is 3. The average Bonchev–Trinajstić information content (AvgIpc) is 3.26. The third kappa shape index (κ3) is 5.07. The Balaban J connectivity index is 1.45. The van der Waals surface area contributed by atoms with E-state index in [1.165, 1.54) is 17.8 Å². The van der Waals surface area contributed by atoms with E-state index in [2.05, 4.69) is 22.1 Å². The highest BCUT2D eigenvalue weighted by atomic mass is 32.2. The molecule has 0 unspecified atom stereocenters. The zero-order valence-corrected chi connectivity index (χ0v) is 19.5. The summed E-state index contributed by atoms with van der Waals surface area (Å²) in [5.74, 6) is 1.21. The lowest BCUT2D eigenvalue weighted by Crippen LogP contribution is -2.47. The molecular weight excluding hydrogens is 440 g/mol. The number of carbonyl (C=O) groups is 1. The largest absolute Gasteiger partial charge is 0.336 e. The minimum absolute atomic E-state index is 0.0109. The Bertz CT molecular complexity index is 1140. The fraction of sp³-hybridized carbons (Fsp3) is 0.348. The Morgan fingerprint density at radius 2 is 1.76 bits per heavy atom. The van der Waals surface area contributed by atoms with Crippen LogP contribution in [0.1, 0.15) is 22.8 Å². The first-order chi connectivity index (χ1) is 16.0. The Labute approximate surface area is 196 Å². The maximum Gasteiger partial charge on any atom is 0.280 e. The first-order valence-corrected chi connectivity index (χ1v) is 11.8. The predicted octanol–water partition coefficient (Wildman–Crippen LogP) is 3.55. The van der Waals surface area contributed by atoms with Crippen LogP contribution in [-0.2, 0) is 12.3 Å². The number of nitro benzene ring substituents is 1. The zero-order chi connectivity index (χ0) is 23.4. The second-order valence-electron chi connectivity index (χ2n) is 7.91. The number of thioether (sulfide) groups is 1. The molecule has 0 atom stereocenters. The number of nitro groups is 1. The highest BCUT2D eigenvalue weighted by molar-refractivity contribution is 7.98. The second kappa shape index (κ2) is 10.1. The van der Waals surface area contributed by atoms with Gasteiger partial charge in [-0.2, -0.15) is 0 Å². The van der Waals surface area contributed by atoms with Crippen LogP contribution >= 0.6 is 11.8 Å². The van der Waals surface area contributed by atoms with Gasteiger partial charge >= 0.3 is 0 Å². The van der Waals surface area contributed by atoms with Crippen LogP contribution in [0.2, 0.25) is 0 Å². The van der Waals surface area contributed by atoms with Gasteiger partial charge in [-0.15, -0.1) is 10.2 Å². The van der Waals surface area contributed by atoms with Gasteiger partial charge in [-0.05, 0) is 37.7 Å². The number of nitrogens with zero attached hydrogens (tertiary/aromatic N) is 6. The van der Waals surface area contributed by atoms with Crippen LogP contribution in [0.25, 0.3) is 11.4 Å². The molecule has 0 spiro atoms. The van der Waals surface area contributed by atoms with Crippen LogP contribution in [-0.4, -0.2) is 68.6 Å². The van der Waals surface area contributed by atoms with Crippen molar-refractivity contribution in [1.82, 2.24) is 24.6 Å². The van der Waals surface area contributed by atoms with Gasteiger partial charge in [-0.25, -0.2) is 0 Å².